The lowest BCUT2D eigenvalue weighted by Gasteiger charge is -2.19. The number of aliphatic hydroxyl groups is 1. The molecule has 0 aromatic heterocycles. The number of nitrogens with zero attached hydrogens (tertiary/aromatic N) is 2. The van der Waals surface area contributed by atoms with Crippen molar-refractivity contribution in [2.45, 2.75) is 20.0 Å². The largest absolute Gasteiger partial charge is 0.491 e. The van der Waals surface area contributed by atoms with E-state index in [0.717, 1.165) is 16.0 Å². The smallest absolute Gasteiger partial charge is 0.282 e. The number of rotatable bonds is 6. The van der Waals surface area contributed by atoms with Gasteiger partial charge in [-0.15, -0.1) is 0 Å². The zero-order valence-corrected chi connectivity index (χ0v) is 14.8. The fourth-order valence-corrected chi connectivity index (χ4v) is 3.04. The van der Waals surface area contributed by atoms with Crippen LogP contribution in [-0.2, 0) is 0 Å². The van der Waals surface area contributed by atoms with Gasteiger partial charge < -0.3 is 9.84 Å². The fraction of sp³-hybridized carbons (Fsp3) is 0.263. The lowest BCUT2D eigenvalue weighted by molar-refractivity contribution is -0.385. The van der Waals surface area contributed by atoms with Crippen LogP contribution in [-0.4, -0.2) is 46.0 Å². The van der Waals surface area contributed by atoms with Crippen LogP contribution in [0.2, 0.25) is 0 Å². The van der Waals surface area contributed by atoms with Crippen LogP contribution < -0.4 is 4.74 Å². The monoisotopic (exact) mass is 370 g/mol. The number of β-amino-alcohol motifs (C(OH)–C–C–N with tert-alkyl or cyclic N) is 1. The van der Waals surface area contributed by atoms with Crippen LogP contribution in [0.3, 0.4) is 0 Å². The summed E-state index contributed by atoms with van der Waals surface area (Å²) >= 11 is 0. The number of hydrogen-bond donors (Lipinski definition) is 1. The summed E-state index contributed by atoms with van der Waals surface area (Å²) in [5.74, 6) is -0.852. The van der Waals surface area contributed by atoms with E-state index in [-0.39, 0.29) is 24.3 Å². The number of nitro benzene ring substituents is 1. The molecule has 8 heteroatoms. The van der Waals surface area contributed by atoms with Crippen molar-refractivity contribution >= 4 is 17.5 Å². The number of amides is 2. The molecule has 0 unspecified atom stereocenters. The molecular formula is C19H18N2O6. The van der Waals surface area contributed by atoms with Crippen LogP contribution in [0.4, 0.5) is 5.69 Å². The Morgan fingerprint density at radius 2 is 1.93 bits per heavy atom. The number of aryl methyl sites for hydroxylation is 2. The SMILES string of the molecule is Cc1ccc(OC[C@H](O)CN2C(=O)c3cccc([N+](=O)[O-])c3C2=O)c(C)c1. The van der Waals surface area contributed by atoms with Crippen LogP contribution in [0, 0.1) is 24.0 Å². The Bertz CT molecular complexity index is 940. The molecule has 0 bridgehead atoms. The zero-order chi connectivity index (χ0) is 19.7. The molecule has 1 atom stereocenters. The maximum Gasteiger partial charge on any atom is 0.282 e. The summed E-state index contributed by atoms with van der Waals surface area (Å²) in [7, 11) is 0. The van der Waals surface area contributed by atoms with Gasteiger partial charge in [-0.1, -0.05) is 23.8 Å². The van der Waals surface area contributed by atoms with Crippen molar-refractivity contribution in [3.05, 3.63) is 68.8 Å². The summed E-state index contributed by atoms with van der Waals surface area (Å²) < 4.78 is 5.57. The molecule has 8 nitrogen and oxygen atoms in total. The van der Waals surface area contributed by atoms with Crippen molar-refractivity contribution < 1.29 is 24.4 Å². The number of hydrogen-bond acceptors (Lipinski definition) is 6. The van der Waals surface area contributed by atoms with Gasteiger partial charge in [-0.25, -0.2) is 0 Å². The topological polar surface area (TPSA) is 110 Å². The molecule has 1 N–H and O–H groups in total. The van der Waals surface area contributed by atoms with Gasteiger partial charge in [0.25, 0.3) is 17.5 Å². The van der Waals surface area contributed by atoms with Gasteiger partial charge in [0, 0.05) is 6.07 Å². The van der Waals surface area contributed by atoms with E-state index in [4.69, 9.17) is 4.74 Å². The molecule has 0 saturated heterocycles. The molecule has 27 heavy (non-hydrogen) atoms. The highest BCUT2D eigenvalue weighted by molar-refractivity contribution is 6.23. The maximum absolute atomic E-state index is 12.5. The first kappa shape index (κ1) is 18.5. The average molecular weight is 370 g/mol. The molecule has 2 aromatic carbocycles. The van der Waals surface area contributed by atoms with Crippen molar-refractivity contribution in [1.29, 1.82) is 0 Å². The first-order valence-electron chi connectivity index (χ1n) is 8.31. The van der Waals surface area contributed by atoms with Gasteiger partial charge in [-0.05, 0) is 31.5 Å². The third kappa shape index (κ3) is 3.52. The van der Waals surface area contributed by atoms with Crippen LogP contribution in [0.25, 0.3) is 0 Å². The van der Waals surface area contributed by atoms with Gasteiger partial charge >= 0.3 is 0 Å². The van der Waals surface area contributed by atoms with Gasteiger partial charge in [-0.3, -0.25) is 24.6 Å². The minimum Gasteiger partial charge on any atom is -0.491 e. The third-order valence-corrected chi connectivity index (χ3v) is 4.33. The standard InChI is InChI=1S/C19H18N2O6/c1-11-6-7-16(12(2)8-11)27-10-13(22)9-20-18(23)14-4-3-5-15(21(25)26)17(14)19(20)24/h3-8,13,22H,9-10H2,1-2H3/t13-/m1/s1. The quantitative estimate of drug-likeness (QED) is 0.474. The zero-order valence-electron chi connectivity index (χ0n) is 14.8. The first-order chi connectivity index (χ1) is 12.8. The maximum atomic E-state index is 12.5. The Balaban J connectivity index is 1.71. The second-order valence-corrected chi connectivity index (χ2v) is 6.41. The van der Waals surface area contributed by atoms with E-state index in [1.807, 2.05) is 26.0 Å². The lowest BCUT2D eigenvalue weighted by Crippen LogP contribution is -2.39. The van der Waals surface area contributed by atoms with Crippen LogP contribution in [0.5, 0.6) is 5.75 Å². The Morgan fingerprint density at radius 1 is 1.19 bits per heavy atom. The summed E-state index contributed by atoms with van der Waals surface area (Å²) in [6, 6.07) is 9.48. The predicted octanol–water partition coefficient (Wildman–Crippen LogP) is 2.25. The molecule has 2 aromatic rings. The molecule has 140 valence electrons. The highest BCUT2D eigenvalue weighted by atomic mass is 16.6. The number of imide groups is 1. The molecule has 1 aliphatic heterocycles. The molecule has 0 fully saturated rings. The van der Waals surface area contributed by atoms with Crippen LogP contribution in [0.15, 0.2) is 36.4 Å². The van der Waals surface area contributed by atoms with Gasteiger partial charge in [0.15, 0.2) is 0 Å². The summed E-state index contributed by atoms with van der Waals surface area (Å²) in [6.07, 6.45) is -1.13. The van der Waals surface area contributed by atoms with Gasteiger partial charge in [0.1, 0.15) is 24.0 Å². The summed E-state index contributed by atoms with van der Waals surface area (Å²) in [6.45, 7) is 3.39. The number of carbonyl (C=O) groups excluding carboxylic acids is 2. The molecule has 0 aliphatic carbocycles. The van der Waals surface area contributed by atoms with E-state index < -0.39 is 28.5 Å². The van der Waals surface area contributed by atoms with E-state index in [2.05, 4.69) is 0 Å². The van der Waals surface area contributed by atoms with Crippen LogP contribution in [0.1, 0.15) is 31.8 Å². The van der Waals surface area contributed by atoms with Gasteiger partial charge in [-0.2, -0.15) is 0 Å². The van der Waals surface area contributed by atoms with Gasteiger partial charge in [0.05, 0.1) is 17.0 Å². The van der Waals surface area contributed by atoms with E-state index in [9.17, 15) is 24.8 Å². The average Bonchev–Trinajstić information content (AvgIpc) is 2.86. The van der Waals surface area contributed by atoms with Crippen LogP contribution >= 0.6 is 0 Å². The molecule has 0 spiro atoms. The Labute approximate surface area is 155 Å². The molecule has 1 heterocycles. The number of ether oxygens (including phenoxy) is 1. The van der Waals surface area contributed by atoms with Crippen molar-refractivity contribution in [2.75, 3.05) is 13.2 Å². The summed E-state index contributed by atoms with van der Waals surface area (Å²) in [4.78, 5) is 36.1. The summed E-state index contributed by atoms with van der Waals surface area (Å²) in [5.41, 5.74) is 1.28. The van der Waals surface area contributed by atoms with E-state index >= 15 is 0 Å². The second kappa shape index (κ2) is 7.16. The van der Waals surface area contributed by atoms with E-state index in [0.29, 0.717) is 5.75 Å². The highest BCUT2D eigenvalue weighted by Crippen LogP contribution is 2.30. The highest BCUT2D eigenvalue weighted by Gasteiger charge is 2.41. The molecule has 2 amide bonds. The van der Waals surface area contributed by atoms with Crippen molar-refractivity contribution in [3.63, 3.8) is 0 Å². The Morgan fingerprint density at radius 3 is 2.59 bits per heavy atom. The normalized spacial score (nSPS) is 14.3. The minimum atomic E-state index is -1.13. The molecule has 0 saturated carbocycles. The molecular weight excluding hydrogens is 352 g/mol. The molecule has 1 aliphatic rings. The Kier molecular flexibility index (Phi) is 4.91. The van der Waals surface area contributed by atoms with E-state index in [1.165, 1.54) is 18.2 Å². The van der Waals surface area contributed by atoms with Crippen molar-refractivity contribution in [1.82, 2.24) is 4.90 Å². The number of nitro groups is 1. The third-order valence-electron chi connectivity index (χ3n) is 4.33. The minimum absolute atomic E-state index is 0.0308. The summed E-state index contributed by atoms with van der Waals surface area (Å²) in [5, 5.41) is 21.3. The molecule has 0 radical (unpaired) electrons. The van der Waals surface area contributed by atoms with E-state index in [1.54, 1.807) is 6.07 Å². The number of fused-ring (bicyclic) bond motifs is 1. The van der Waals surface area contributed by atoms with Gasteiger partial charge in [0.2, 0.25) is 0 Å². The second-order valence-electron chi connectivity index (χ2n) is 6.41. The predicted molar refractivity (Wildman–Crippen MR) is 95.9 cm³/mol. The number of aliphatic hydroxyl groups excluding tert-OH is 1. The lowest BCUT2D eigenvalue weighted by atomic mass is 10.1. The number of carbonyl (C=O) groups is 2. The fourth-order valence-electron chi connectivity index (χ4n) is 3.04. The van der Waals surface area contributed by atoms with Crippen molar-refractivity contribution in [2.24, 2.45) is 0 Å². The molecule has 3 rings (SSSR count). The van der Waals surface area contributed by atoms with Crippen molar-refractivity contribution in [3.8, 4) is 5.75 Å². The number of benzene rings is 2. The first-order valence-corrected chi connectivity index (χ1v) is 8.31. The Hall–Kier alpha value is -3.26.